The van der Waals surface area contributed by atoms with Crippen molar-refractivity contribution in [1.29, 1.82) is 0 Å². The zero-order valence-corrected chi connectivity index (χ0v) is 20.0. The van der Waals surface area contributed by atoms with Gasteiger partial charge in [-0.15, -0.1) is 0 Å². The molecule has 2 aliphatic rings. The zero-order chi connectivity index (χ0) is 25.2. The molecule has 2 saturated heterocycles. The molecule has 7 heteroatoms. The molecule has 1 atom stereocenters. The van der Waals surface area contributed by atoms with Gasteiger partial charge in [0.1, 0.15) is 11.6 Å². The topological polar surface area (TPSA) is 81.7 Å². The zero-order valence-electron chi connectivity index (χ0n) is 20.0. The first kappa shape index (κ1) is 24.4. The average molecular weight is 476 g/mol. The molecule has 0 aliphatic carbocycles. The van der Waals surface area contributed by atoms with E-state index in [2.05, 4.69) is 17.2 Å². The van der Waals surface area contributed by atoms with E-state index >= 15 is 0 Å². The molecule has 1 unspecified atom stereocenters. The number of carbonyl (C=O) groups excluding carboxylic acids is 2. The molecule has 2 amide bonds. The van der Waals surface area contributed by atoms with Gasteiger partial charge in [0.05, 0.1) is 5.69 Å². The van der Waals surface area contributed by atoms with Crippen molar-refractivity contribution in [3.63, 3.8) is 0 Å². The Labute approximate surface area is 204 Å². The first-order valence-electron chi connectivity index (χ1n) is 11.6. The summed E-state index contributed by atoms with van der Waals surface area (Å²) >= 11 is 0. The van der Waals surface area contributed by atoms with E-state index in [1.54, 1.807) is 19.1 Å². The summed E-state index contributed by atoms with van der Waals surface area (Å²) in [6.45, 7) is 9.27. The molecule has 35 heavy (non-hydrogen) atoms. The molecule has 2 fully saturated rings. The molecular formula is C28H30FN3O3. The highest BCUT2D eigenvalue weighted by atomic mass is 19.1. The Balaban J connectivity index is 1.65. The molecule has 2 aromatic carbocycles. The Morgan fingerprint density at radius 1 is 1.23 bits per heavy atom. The van der Waals surface area contributed by atoms with Crippen LogP contribution in [-0.2, 0) is 9.59 Å². The second kappa shape index (κ2) is 9.88. The number of benzene rings is 2. The Hall–Kier alpha value is -3.71. The van der Waals surface area contributed by atoms with Gasteiger partial charge in [-0.2, -0.15) is 0 Å². The maximum atomic E-state index is 14.6. The van der Waals surface area contributed by atoms with Crippen LogP contribution in [0.2, 0.25) is 0 Å². The summed E-state index contributed by atoms with van der Waals surface area (Å²) in [5.74, 6) is -0.900. The molecule has 6 nitrogen and oxygen atoms in total. The SMILES string of the molecule is C=C/C=C(\C(O)=C(/C)c1cccc(N2CC3(CCNC3)CC2=O)c1)c1ccc(NC(C)=O)c(F)c1. The maximum Gasteiger partial charge on any atom is 0.227 e. The Bertz CT molecular complexity index is 1240. The summed E-state index contributed by atoms with van der Waals surface area (Å²) in [7, 11) is 0. The number of nitrogens with zero attached hydrogens (tertiary/aromatic N) is 1. The van der Waals surface area contributed by atoms with Crippen molar-refractivity contribution in [2.75, 3.05) is 29.9 Å². The number of allylic oxidation sites excluding steroid dienone is 4. The minimum Gasteiger partial charge on any atom is -0.507 e. The lowest BCUT2D eigenvalue weighted by Crippen LogP contribution is -2.29. The van der Waals surface area contributed by atoms with E-state index in [1.807, 2.05) is 29.2 Å². The van der Waals surface area contributed by atoms with Gasteiger partial charge in [-0.1, -0.05) is 36.9 Å². The van der Waals surface area contributed by atoms with E-state index in [0.29, 0.717) is 29.7 Å². The summed E-state index contributed by atoms with van der Waals surface area (Å²) in [5.41, 5.74) is 3.02. The van der Waals surface area contributed by atoms with E-state index in [0.717, 1.165) is 30.8 Å². The molecule has 182 valence electrons. The van der Waals surface area contributed by atoms with Gasteiger partial charge in [0.15, 0.2) is 0 Å². The molecule has 0 aromatic heterocycles. The van der Waals surface area contributed by atoms with Crippen molar-refractivity contribution in [3.8, 4) is 0 Å². The van der Waals surface area contributed by atoms with Crippen molar-refractivity contribution in [2.24, 2.45) is 5.41 Å². The minimum absolute atomic E-state index is 0.00649. The lowest BCUT2D eigenvalue weighted by atomic mass is 9.86. The first-order chi connectivity index (χ1) is 16.7. The van der Waals surface area contributed by atoms with Gasteiger partial charge < -0.3 is 20.6 Å². The van der Waals surface area contributed by atoms with E-state index in [1.165, 1.54) is 25.1 Å². The number of nitrogens with one attached hydrogen (secondary N) is 2. The van der Waals surface area contributed by atoms with Crippen LogP contribution >= 0.6 is 0 Å². The van der Waals surface area contributed by atoms with E-state index in [4.69, 9.17) is 0 Å². The molecule has 0 radical (unpaired) electrons. The highest BCUT2D eigenvalue weighted by molar-refractivity contribution is 5.97. The molecule has 0 saturated carbocycles. The number of aliphatic hydroxyl groups excluding tert-OH is 1. The summed E-state index contributed by atoms with van der Waals surface area (Å²) in [5, 5.41) is 17.0. The number of aliphatic hydroxyl groups is 1. The van der Waals surface area contributed by atoms with Gasteiger partial charge in [0.25, 0.3) is 0 Å². The van der Waals surface area contributed by atoms with Crippen LogP contribution in [0.15, 0.2) is 67.0 Å². The van der Waals surface area contributed by atoms with Crippen LogP contribution in [0.1, 0.15) is 37.8 Å². The number of hydrogen-bond acceptors (Lipinski definition) is 4. The summed E-state index contributed by atoms with van der Waals surface area (Å²) in [6.07, 6.45) is 4.65. The highest BCUT2D eigenvalue weighted by Crippen LogP contribution is 2.40. The predicted molar refractivity (Wildman–Crippen MR) is 137 cm³/mol. The van der Waals surface area contributed by atoms with Crippen molar-refractivity contribution >= 4 is 34.3 Å². The maximum absolute atomic E-state index is 14.6. The van der Waals surface area contributed by atoms with E-state index in [9.17, 15) is 19.1 Å². The second-order valence-electron chi connectivity index (χ2n) is 9.30. The average Bonchev–Trinajstić information content (AvgIpc) is 3.43. The fraction of sp³-hybridized carbons (Fsp3) is 0.286. The third-order valence-corrected chi connectivity index (χ3v) is 6.73. The Morgan fingerprint density at radius 2 is 2.03 bits per heavy atom. The fourth-order valence-electron chi connectivity index (χ4n) is 4.86. The molecule has 1 spiro atoms. The van der Waals surface area contributed by atoms with Crippen LogP contribution in [0.5, 0.6) is 0 Å². The summed E-state index contributed by atoms with van der Waals surface area (Å²) in [4.78, 5) is 25.9. The van der Waals surface area contributed by atoms with Crippen molar-refractivity contribution in [3.05, 3.63) is 83.9 Å². The molecule has 4 rings (SSSR count). The largest absolute Gasteiger partial charge is 0.507 e. The van der Waals surface area contributed by atoms with Crippen molar-refractivity contribution < 1.29 is 19.1 Å². The minimum atomic E-state index is -0.608. The molecular weight excluding hydrogens is 445 g/mol. The van der Waals surface area contributed by atoms with Crippen LogP contribution in [0.3, 0.4) is 0 Å². The van der Waals surface area contributed by atoms with Crippen LogP contribution in [0.25, 0.3) is 11.1 Å². The van der Waals surface area contributed by atoms with Crippen LogP contribution in [-0.4, -0.2) is 36.6 Å². The molecule has 2 aromatic rings. The van der Waals surface area contributed by atoms with Crippen LogP contribution < -0.4 is 15.5 Å². The van der Waals surface area contributed by atoms with Crippen molar-refractivity contribution in [2.45, 2.75) is 26.7 Å². The molecule has 0 bridgehead atoms. The highest BCUT2D eigenvalue weighted by Gasteiger charge is 2.45. The monoisotopic (exact) mass is 475 g/mol. The van der Waals surface area contributed by atoms with Gasteiger partial charge >= 0.3 is 0 Å². The lowest BCUT2D eigenvalue weighted by Gasteiger charge is -2.23. The van der Waals surface area contributed by atoms with Gasteiger partial charge in [-0.05, 0) is 60.9 Å². The first-order valence-corrected chi connectivity index (χ1v) is 11.6. The smallest absolute Gasteiger partial charge is 0.227 e. The number of amides is 2. The van der Waals surface area contributed by atoms with Gasteiger partial charge in [-0.25, -0.2) is 4.39 Å². The summed E-state index contributed by atoms with van der Waals surface area (Å²) < 4.78 is 14.6. The van der Waals surface area contributed by atoms with Crippen molar-refractivity contribution in [1.82, 2.24) is 5.32 Å². The Kier molecular flexibility index (Phi) is 6.89. The van der Waals surface area contributed by atoms with Gasteiger partial charge in [-0.3, -0.25) is 9.59 Å². The van der Waals surface area contributed by atoms with Gasteiger partial charge in [0, 0.05) is 43.1 Å². The van der Waals surface area contributed by atoms with E-state index < -0.39 is 5.82 Å². The number of carbonyl (C=O) groups is 2. The predicted octanol–water partition coefficient (Wildman–Crippen LogP) is 5.06. The number of halogens is 1. The molecule has 2 aliphatic heterocycles. The number of anilines is 2. The van der Waals surface area contributed by atoms with Crippen LogP contribution in [0, 0.1) is 11.2 Å². The molecule has 2 heterocycles. The molecule has 3 N–H and O–H groups in total. The quantitative estimate of drug-likeness (QED) is 0.403. The Morgan fingerprint density at radius 3 is 2.69 bits per heavy atom. The third kappa shape index (κ3) is 5.05. The lowest BCUT2D eigenvalue weighted by molar-refractivity contribution is -0.117. The van der Waals surface area contributed by atoms with Gasteiger partial charge in [0.2, 0.25) is 11.8 Å². The third-order valence-electron chi connectivity index (χ3n) is 6.73. The van der Waals surface area contributed by atoms with E-state index in [-0.39, 0.29) is 28.7 Å². The number of rotatable bonds is 6. The summed E-state index contributed by atoms with van der Waals surface area (Å²) in [6, 6.07) is 11.9. The second-order valence-corrected chi connectivity index (χ2v) is 9.30. The number of hydrogen-bond donors (Lipinski definition) is 3. The fourth-order valence-corrected chi connectivity index (χ4v) is 4.86. The standard InChI is InChI=1S/C28H30FN3O3/c1-4-6-23(21-9-10-25(24(29)14-21)31-19(3)33)27(35)18(2)20-7-5-8-22(13-20)32-17-28(15-26(32)34)11-12-30-16-28/h4-10,13-14,30,35H,1,11-12,15-17H2,2-3H3,(H,31,33)/b23-6-,27-18-. The van der Waals surface area contributed by atoms with Crippen LogP contribution in [0.4, 0.5) is 15.8 Å². The normalized spacial score (nSPS) is 20.8.